The smallest absolute Gasteiger partial charge is 0.139 e. The average molecular weight is 372 g/mol. The molecule has 100 valence electrons. The number of nitrogens with one attached hydrogen (secondary N) is 1. The van der Waals surface area contributed by atoms with E-state index < -0.39 is 0 Å². The van der Waals surface area contributed by atoms with Crippen molar-refractivity contribution < 1.29 is 4.39 Å². The molecule has 4 nitrogen and oxygen atoms in total. The number of hydrogen-bond donors (Lipinski definition) is 2. The predicted octanol–water partition coefficient (Wildman–Crippen LogP) is 3.42. The fraction of sp³-hybridized carbons (Fsp3) is 0.231. The summed E-state index contributed by atoms with van der Waals surface area (Å²) in [6.07, 6.45) is 0.708. The molecule has 2 aromatic rings. The van der Waals surface area contributed by atoms with E-state index in [1.165, 1.54) is 12.1 Å². The largest absolute Gasteiger partial charge is 0.383 e. The number of aromatic nitrogens is 2. The van der Waals surface area contributed by atoms with Gasteiger partial charge in [-0.05, 0) is 47.7 Å². The molecule has 0 saturated heterocycles. The van der Waals surface area contributed by atoms with Gasteiger partial charge in [0.15, 0.2) is 0 Å². The van der Waals surface area contributed by atoms with Crippen LogP contribution in [-0.4, -0.2) is 9.97 Å². The topological polar surface area (TPSA) is 63.8 Å². The monoisotopic (exact) mass is 372 g/mol. The van der Waals surface area contributed by atoms with Crippen LogP contribution in [0.3, 0.4) is 0 Å². The number of benzene rings is 1. The van der Waals surface area contributed by atoms with Crippen LogP contribution in [0.25, 0.3) is 0 Å². The normalized spacial score (nSPS) is 10.5. The van der Waals surface area contributed by atoms with Gasteiger partial charge < -0.3 is 11.1 Å². The average Bonchev–Trinajstić information content (AvgIpc) is 2.37. The number of aryl methyl sites for hydroxylation is 1. The van der Waals surface area contributed by atoms with Gasteiger partial charge in [0.1, 0.15) is 23.3 Å². The van der Waals surface area contributed by atoms with Gasteiger partial charge in [-0.1, -0.05) is 6.92 Å². The Morgan fingerprint density at radius 3 is 2.74 bits per heavy atom. The molecule has 0 saturated carbocycles. The molecular formula is C13H14FIN4. The first-order valence-electron chi connectivity index (χ1n) is 5.86. The number of anilines is 3. The van der Waals surface area contributed by atoms with Crippen molar-refractivity contribution in [3.8, 4) is 0 Å². The Kier molecular flexibility index (Phi) is 4.18. The first kappa shape index (κ1) is 14.0. The second-order valence-electron chi connectivity index (χ2n) is 4.10. The molecule has 3 N–H and O–H groups in total. The predicted molar refractivity (Wildman–Crippen MR) is 83.0 cm³/mol. The number of nitrogens with two attached hydrogens (primary N) is 1. The number of nitrogens with zero attached hydrogens (tertiary/aromatic N) is 2. The molecule has 0 aliphatic rings. The summed E-state index contributed by atoms with van der Waals surface area (Å²) in [6, 6.07) is 4.55. The summed E-state index contributed by atoms with van der Waals surface area (Å²) in [6.45, 7) is 3.82. The zero-order chi connectivity index (χ0) is 14.0. The Morgan fingerprint density at radius 2 is 2.11 bits per heavy atom. The quantitative estimate of drug-likeness (QED) is 0.811. The molecule has 0 fully saturated rings. The van der Waals surface area contributed by atoms with Crippen LogP contribution in [0.2, 0.25) is 0 Å². The second kappa shape index (κ2) is 5.68. The van der Waals surface area contributed by atoms with Crippen LogP contribution in [0.15, 0.2) is 18.2 Å². The lowest BCUT2D eigenvalue weighted by atomic mass is 10.2. The van der Waals surface area contributed by atoms with Gasteiger partial charge in [0.25, 0.3) is 0 Å². The third kappa shape index (κ3) is 3.12. The molecule has 0 aliphatic heterocycles. The van der Waals surface area contributed by atoms with E-state index >= 15 is 0 Å². The molecule has 0 bridgehead atoms. The molecular weight excluding hydrogens is 358 g/mol. The fourth-order valence-corrected chi connectivity index (χ4v) is 2.19. The third-order valence-electron chi connectivity index (χ3n) is 2.73. The van der Waals surface area contributed by atoms with Crippen LogP contribution >= 0.6 is 22.6 Å². The highest BCUT2D eigenvalue weighted by Crippen LogP contribution is 2.26. The highest BCUT2D eigenvalue weighted by atomic mass is 127. The van der Waals surface area contributed by atoms with E-state index in [9.17, 15) is 4.39 Å². The summed E-state index contributed by atoms with van der Waals surface area (Å²) in [7, 11) is 0. The maximum atomic E-state index is 13.1. The van der Waals surface area contributed by atoms with E-state index in [0.29, 0.717) is 23.9 Å². The minimum Gasteiger partial charge on any atom is -0.383 e. The van der Waals surface area contributed by atoms with E-state index in [1.54, 1.807) is 6.07 Å². The van der Waals surface area contributed by atoms with Gasteiger partial charge in [-0.15, -0.1) is 0 Å². The first-order chi connectivity index (χ1) is 9.01. The highest BCUT2D eigenvalue weighted by molar-refractivity contribution is 14.1. The van der Waals surface area contributed by atoms with Crippen molar-refractivity contribution in [1.82, 2.24) is 9.97 Å². The standard InChI is InChI=1S/C13H14FIN4/c1-3-11-18-12(16)7(2)13(19-11)17-10-5-4-8(14)6-9(10)15/h4-6H,3H2,1-2H3,(H3,16,17,18,19). The van der Waals surface area contributed by atoms with Crippen molar-refractivity contribution in [2.45, 2.75) is 20.3 Å². The van der Waals surface area contributed by atoms with Crippen LogP contribution in [0.5, 0.6) is 0 Å². The molecule has 6 heteroatoms. The van der Waals surface area contributed by atoms with Gasteiger partial charge in [0, 0.05) is 15.6 Å². The Morgan fingerprint density at radius 1 is 1.37 bits per heavy atom. The molecule has 1 aromatic heterocycles. The van der Waals surface area contributed by atoms with E-state index in [1.807, 2.05) is 13.8 Å². The summed E-state index contributed by atoms with van der Waals surface area (Å²) in [5.74, 6) is 1.55. The van der Waals surface area contributed by atoms with Crippen molar-refractivity contribution >= 4 is 39.9 Å². The van der Waals surface area contributed by atoms with Crippen molar-refractivity contribution in [2.24, 2.45) is 0 Å². The number of hydrogen-bond acceptors (Lipinski definition) is 4. The van der Waals surface area contributed by atoms with Crippen molar-refractivity contribution in [1.29, 1.82) is 0 Å². The summed E-state index contributed by atoms with van der Waals surface area (Å²) >= 11 is 2.07. The van der Waals surface area contributed by atoms with E-state index in [2.05, 4.69) is 37.9 Å². The Hall–Kier alpha value is -1.44. The molecule has 0 aliphatic carbocycles. The van der Waals surface area contributed by atoms with Crippen molar-refractivity contribution in [3.05, 3.63) is 39.0 Å². The number of nitrogen functional groups attached to an aromatic ring is 1. The van der Waals surface area contributed by atoms with E-state index in [4.69, 9.17) is 5.73 Å². The van der Waals surface area contributed by atoms with Crippen LogP contribution < -0.4 is 11.1 Å². The molecule has 1 heterocycles. The minimum atomic E-state index is -0.261. The maximum absolute atomic E-state index is 13.1. The van der Waals surface area contributed by atoms with Crippen molar-refractivity contribution in [2.75, 3.05) is 11.1 Å². The summed E-state index contributed by atoms with van der Waals surface area (Å²) < 4.78 is 13.9. The van der Waals surface area contributed by atoms with Gasteiger partial charge in [-0.3, -0.25) is 0 Å². The van der Waals surface area contributed by atoms with Crippen LogP contribution in [-0.2, 0) is 6.42 Å². The Labute approximate surface area is 124 Å². The summed E-state index contributed by atoms with van der Waals surface area (Å²) in [5, 5.41) is 3.18. The summed E-state index contributed by atoms with van der Waals surface area (Å²) in [5.41, 5.74) is 7.45. The van der Waals surface area contributed by atoms with Crippen molar-refractivity contribution in [3.63, 3.8) is 0 Å². The van der Waals surface area contributed by atoms with E-state index in [0.717, 1.165) is 14.8 Å². The number of rotatable bonds is 3. The van der Waals surface area contributed by atoms with Gasteiger partial charge in [0.2, 0.25) is 0 Å². The lowest BCUT2D eigenvalue weighted by molar-refractivity contribution is 0.627. The maximum Gasteiger partial charge on any atom is 0.139 e. The number of halogens is 2. The SMILES string of the molecule is CCc1nc(N)c(C)c(Nc2ccc(F)cc2I)n1. The Balaban J connectivity index is 2.40. The molecule has 0 amide bonds. The second-order valence-corrected chi connectivity index (χ2v) is 5.26. The van der Waals surface area contributed by atoms with Crippen LogP contribution in [0.1, 0.15) is 18.3 Å². The minimum absolute atomic E-state index is 0.261. The van der Waals surface area contributed by atoms with Gasteiger partial charge in [-0.2, -0.15) is 0 Å². The lowest BCUT2D eigenvalue weighted by Gasteiger charge is -2.12. The zero-order valence-electron chi connectivity index (χ0n) is 10.7. The van der Waals surface area contributed by atoms with Gasteiger partial charge >= 0.3 is 0 Å². The van der Waals surface area contributed by atoms with Gasteiger partial charge in [-0.25, -0.2) is 14.4 Å². The molecule has 2 rings (SSSR count). The zero-order valence-corrected chi connectivity index (χ0v) is 12.8. The molecule has 0 radical (unpaired) electrons. The highest BCUT2D eigenvalue weighted by Gasteiger charge is 2.10. The lowest BCUT2D eigenvalue weighted by Crippen LogP contribution is -2.07. The molecule has 0 unspecified atom stereocenters. The van der Waals surface area contributed by atoms with E-state index in [-0.39, 0.29) is 5.82 Å². The molecule has 19 heavy (non-hydrogen) atoms. The molecule has 0 atom stereocenters. The molecule has 1 aromatic carbocycles. The first-order valence-corrected chi connectivity index (χ1v) is 6.94. The van der Waals surface area contributed by atoms with Crippen LogP contribution in [0.4, 0.5) is 21.7 Å². The molecule has 0 spiro atoms. The third-order valence-corrected chi connectivity index (χ3v) is 3.62. The van der Waals surface area contributed by atoms with Gasteiger partial charge in [0.05, 0.1) is 5.69 Å². The Bertz CT molecular complexity index is 616. The fourth-order valence-electron chi connectivity index (χ4n) is 1.58. The van der Waals surface area contributed by atoms with Crippen LogP contribution in [0, 0.1) is 16.3 Å². The summed E-state index contributed by atoms with van der Waals surface area (Å²) in [4.78, 5) is 8.61.